The maximum Gasteiger partial charge on any atom is 0.277 e. The fourth-order valence-electron chi connectivity index (χ4n) is 5.50. The van der Waals surface area contributed by atoms with Crippen LogP contribution in [0.2, 0.25) is 0 Å². The maximum atomic E-state index is 13.8. The standard InChI is InChI=1S/C29H33N5O5/c1-16(2)25(23-13-17(3)32-39-23)27(37)34-15-20(35)14-22(34)26-30-28(38)29(4,31-26)19-11-9-18(10-12-19)21-7-6-8-24(36)33(21)5/h6-13,16,20,22,25,35H,14-15H2,1-5H3,(H,30,31,38)/t20-,22-,25?,29+/m1/s1. The van der Waals surface area contributed by atoms with Gasteiger partial charge in [-0.15, -0.1) is 0 Å². The molecule has 0 bridgehead atoms. The zero-order chi connectivity index (χ0) is 28.1. The molecule has 1 unspecified atom stereocenters. The van der Waals surface area contributed by atoms with Crippen LogP contribution in [0.15, 0.2) is 62.8 Å². The number of β-amino-alcohol motifs (C(OH)–C–C–N with tert-alkyl or cyclic N) is 1. The van der Waals surface area contributed by atoms with Gasteiger partial charge in [-0.1, -0.05) is 49.3 Å². The van der Waals surface area contributed by atoms with E-state index in [4.69, 9.17) is 4.52 Å². The average molecular weight is 532 g/mol. The van der Waals surface area contributed by atoms with Crippen molar-refractivity contribution in [3.8, 4) is 11.3 Å². The molecule has 1 fully saturated rings. The highest BCUT2D eigenvalue weighted by Gasteiger charge is 2.48. The first kappa shape index (κ1) is 26.6. The predicted octanol–water partition coefficient (Wildman–Crippen LogP) is 2.49. The highest BCUT2D eigenvalue weighted by molar-refractivity contribution is 6.09. The third-order valence-corrected chi connectivity index (χ3v) is 7.73. The minimum Gasteiger partial charge on any atom is -0.391 e. The van der Waals surface area contributed by atoms with Gasteiger partial charge in [0.15, 0.2) is 0 Å². The van der Waals surface area contributed by atoms with Crippen molar-refractivity contribution in [1.29, 1.82) is 0 Å². The summed E-state index contributed by atoms with van der Waals surface area (Å²) in [6.07, 6.45) is -0.478. The second-order valence-electron chi connectivity index (χ2n) is 10.9. The molecule has 39 heavy (non-hydrogen) atoms. The number of likely N-dealkylation sites (tertiary alicyclic amines) is 1. The SMILES string of the molecule is Cc1cc(C(C(=O)N2C[C@H](O)C[C@@H]2C2=NC(=O)[C@](C)(c3ccc(-c4cccc(=O)n4C)cc3)N2)C(C)C)on1. The number of carbonyl (C=O) groups is 2. The van der Waals surface area contributed by atoms with E-state index < -0.39 is 23.6 Å². The summed E-state index contributed by atoms with van der Waals surface area (Å²) in [7, 11) is 1.71. The molecule has 0 radical (unpaired) electrons. The molecule has 4 atom stereocenters. The van der Waals surface area contributed by atoms with Crippen LogP contribution in [-0.2, 0) is 22.2 Å². The van der Waals surface area contributed by atoms with E-state index in [0.29, 0.717) is 22.9 Å². The molecule has 5 rings (SSSR count). The van der Waals surface area contributed by atoms with Gasteiger partial charge in [-0.3, -0.25) is 14.4 Å². The number of aliphatic imine (C=N–C) groups is 1. The number of aliphatic hydroxyl groups is 1. The summed E-state index contributed by atoms with van der Waals surface area (Å²) in [6, 6.07) is 13.7. The number of hydrogen-bond acceptors (Lipinski definition) is 7. The van der Waals surface area contributed by atoms with Crippen LogP contribution in [0, 0.1) is 12.8 Å². The molecule has 204 valence electrons. The Labute approximate surface area is 226 Å². The Morgan fingerprint density at radius 2 is 1.90 bits per heavy atom. The third kappa shape index (κ3) is 4.69. The largest absolute Gasteiger partial charge is 0.391 e. The van der Waals surface area contributed by atoms with Crippen LogP contribution < -0.4 is 10.9 Å². The van der Waals surface area contributed by atoms with Gasteiger partial charge in [0.25, 0.3) is 11.5 Å². The maximum absolute atomic E-state index is 13.8. The molecular weight excluding hydrogens is 498 g/mol. The lowest BCUT2D eigenvalue weighted by Gasteiger charge is -2.31. The van der Waals surface area contributed by atoms with Crippen molar-refractivity contribution in [3.63, 3.8) is 0 Å². The lowest BCUT2D eigenvalue weighted by Crippen LogP contribution is -2.51. The quantitative estimate of drug-likeness (QED) is 0.500. The van der Waals surface area contributed by atoms with Crippen molar-refractivity contribution in [2.75, 3.05) is 6.54 Å². The minimum atomic E-state index is -1.14. The average Bonchev–Trinajstić information content (AvgIpc) is 3.58. The molecule has 2 aromatic heterocycles. The Bertz CT molecular complexity index is 1500. The number of nitrogens with one attached hydrogen (secondary N) is 1. The van der Waals surface area contributed by atoms with Crippen LogP contribution in [0.3, 0.4) is 0 Å². The van der Waals surface area contributed by atoms with E-state index in [0.717, 1.165) is 11.3 Å². The first-order chi connectivity index (χ1) is 18.5. The van der Waals surface area contributed by atoms with E-state index in [9.17, 15) is 19.5 Å². The second-order valence-corrected chi connectivity index (χ2v) is 10.9. The van der Waals surface area contributed by atoms with Crippen LogP contribution >= 0.6 is 0 Å². The van der Waals surface area contributed by atoms with E-state index in [1.54, 1.807) is 42.5 Å². The number of rotatable bonds is 6. The molecule has 1 saturated heterocycles. The van der Waals surface area contributed by atoms with E-state index in [1.807, 2.05) is 44.2 Å². The molecule has 2 N–H and O–H groups in total. The molecule has 0 spiro atoms. The fraction of sp³-hybridized carbons (Fsp3) is 0.414. The number of amides is 2. The molecule has 4 heterocycles. The van der Waals surface area contributed by atoms with E-state index in [2.05, 4.69) is 15.5 Å². The number of pyridine rings is 1. The summed E-state index contributed by atoms with van der Waals surface area (Å²) in [5, 5.41) is 17.8. The molecule has 2 aliphatic heterocycles. The smallest absolute Gasteiger partial charge is 0.277 e. The lowest BCUT2D eigenvalue weighted by molar-refractivity contribution is -0.134. The molecule has 2 amide bonds. The number of benzene rings is 1. The van der Waals surface area contributed by atoms with Gasteiger partial charge in [-0.2, -0.15) is 4.99 Å². The summed E-state index contributed by atoms with van der Waals surface area (Å²) in [4.78, 5) is 45.0. The van der Waals surface area contributed by atoms with Gasteiger partial charge in [0, 0.05) is 32.1 Å². The number of aliphatic hydroxyl groups excluding tert-OH is 1. The van der Waals surface area contributed by atoms with Crippen molar-refractivity contribution < 1.29 is 19.2 Å². The van der Waals surface area contributed by atoms with Gasteiger partial charge >= 0.3 is 0 Å². The van der Waals surface area contributed by atoms with Crippen molar-refractivity contribution in [2.24, 2.45) is 18.0 Å². The number of hydrogen-bond donors (Lipinski definition) is 2. The van der Waals surface area contributed by atoms with Crippen molar-refractivity contribution >= 4 is 17.6 Å². The van der Waals surface area contributed by atoms with Gasteiger partial charge in [0.05, 0.1) is 23.5 Å². The molecule has 10 nitrogen and oxygen atoms in total. The number of nitrogens with zero attached hydrogens (tertiary/aromatic N) is 4. The van der Waals surface area contributed by atoms with Gasteiger partial charge < -0.3 is 24.4 Å². The number of aromatic nitrogens is 2. The van der Waals surface area contributed by atoms with Crippen LogP contribution in [0.25, 0.3) is 11.3 Å². The van der Waals surface area contributed by atoms with E-state index in [1.165, 1.54) is 6.07 Å². The summed E-state index contributed by atoms with van der Waals surface area (Å²) in [5.41, 5.74) is 1.74. The molecule has 3 aromatic rings. The summed E-state index contributed by atoms with van der Waals surface area (Å²) in [5.74, 6) is -0.395. The minimum absolute atomic E-state index is 0.0729. The Morgan fingerprint density at radius 3 is 2.54 bits per heavy atom. The molecule has 1 aromatic carbocycles. The Balaban J connectivity index is 1.40. The third-order valence-electron chi connectivity index (χ3n) is 7.73. The number of carbonyl (C=O) groups excluding carboxylic acids is 2. The zero-order valence-corrected chi connectivity index (χ0v) is 22.7. The lowest BCUT2D eigenvalue weighted by atomic mass is 9.90. The molecule has 2 aliphatic rings. The monoisotopic (exact) mass is 531 g/mol. The highest BCUT2D eigenvalue weighted by atomic mass is 16.5. The Hall–Kier alpha value is -4.05. The molecular formula is C29H33N5O5. The van der Waals surface area contributed by atoms with Crippen molar-refractivity contribution in [3.05, 3.63) is 75.9 Å². The van der Waals surface area contributed by atoms with Crippen LogP contribution in [-0.4, -0.2) is 56.1 Å². The summed E-state index contributed by atoms with van der Waals surface area (Å²) in [6.45, 7) is 7.56. The Morgan fingerprint density at radius 1 is 1.18 bits per heavy atom. The first-order valence-corrected chi connectivity index (χ1v) is 13.1. The van der Waals surface area contributed by atoms with Crippen LogP contribution in [0.1, 0.15) is 50.1 Å². The fourth-order valence-corrected chi connectivity index (χ4v) is 5.50. The first-order valence-electron chi connectivity index (χ1n) is 13.1. The van der Waals surface area contributed by atoms with Crippen LogP contribution in [0.5, 0.6) is 0 Å². The predicted molar refractivity (Wildman–Crippen MR) is 145 cm³/mol. The van der Waals surface area contributed by atoms with E-state index in [-0.39, 0.29) is 36.3 Å². The molecule has 10 heteroatoms. The van der Waals surface area contributed by atoms with Crippen LogP contribution in [0.4, 0.5) is 0 Å². The summed E-state index contributed by atoms with van der Waals surface area (Å²) >= 11 is 0. The van der Waals surface area contributed by atoms with Gasteiger partial charge in [0.2, 0.25) is 5.91 Å². The topological polar surface area (TPSA) is 130 Å². The highest BCUT2D eigenvalue weighted by Crippen LogP contribution is 2.34. The number of aryl methyl sites for hydroxylation is 1. The Kier molecular flexibility index (Phi) is 6.76. The zero-order valence-electron chi connectivity index (χ0n) is 22.7. The second kappa shape index (κ2) is 9.92. The van der Waals surface area contributed by atoms with Crippen molar-refractivity contribution in [2.45, 2.75) is 57.7 Å². The molecule has 0 aliphatic carbocycles. The van der Waals surface area contributed by atoms with Gasteiger partial charge in [-0.05, 0) is 37.0 Å². The van der Waals surface area contributed by atoms with Crippen molar-refractivity contribution in [1.82, 2.24) is 19.9 Å². The molecule has 0 saturated carbocycles. The van der Waals surface area contributed by atoms with Gasteiger partial charge in [0.1, 0.15) is 23.1 Å². The summed E-state index contributed by atoms with van der Waals surface area (Å²) < 4.78 is 7.01. The van der Waals surface area contributed by atoms with E-state index >= 15 is 0 Å². The normalized spacial score (nSPS) is 23.7. The number of amidine groups is 1. The van der Waals surface area contributed by atoms with Gasteiger partial charge in [-0.25, -0.2) is 0 Å².